The van der Waals surface area contributed by atoms with Crippen LogP contribution in [0.2, 0.25) is 0 Å². The van der Waals surface area contributed by atoms with E-state index in [9.17, 15) is 15.3 Å². The SMILES string of the molecule is CC1(C)CC(Nc2ncc(-c3ccc(-c4ncco4)cc3O)nn2)CC(C)(C)N1.CN(c1ncc(-c2ccc(-c3cc(CN)c4nccn4n3)cc2O)nn1)C1CC(C)(C)NC(C)(C)C1.Oc1cc(-c2cn[nH]c2)ccc1-c1cnc(N2CCC3(CNCCO3)C2)nn1. The summed E-state index contributed by atoms with van der Waals surface area (Å²) in [6.45, 7) is 22.1. The van der Waals surface area contributed by atoms with Crippen LogP contribution in [-0.2, 0) is 11.3 Å². The number of nitrogens with two attached hydrogens (primary N) is 1. The minimum atomic E-state index is -0.151. The Morgan fingerprint density at radius 3 is 1.85 bits per heavy atom. The first-order chi connectivity index (χ1) is 44.5. The second-order valence-corrected chi connectivity index (χ2v) is 27.0. The molecule has 4 fully saturated rings. The summed E-state index contributed by atoms with van der Waals surface area (Å²) in [5.41, 5.74) is 14.6. The van der Waals surface area contributed by atoms with Crippen molar-refractivity contribution >= 4 is 23.5 Å². The number of fused-ring (bicyclic) bond motifs is 1. The highest BCUT2D eigenvalue weighted by Gasteiger charge is 2.43. The van der Waals surface area contributed by atoms with Crippen LogP contribution in [0.4, 0.5) is 17.8 Å². The quantitative estimate of drug-likeness (QED) is 0.0559. The minimum Gasteiger partial charge on any atom is -0.507 e. The Kier molecular flexibility index (Phi) is 17.6. The summed E-state index contributed by atoms with van der Waals surface area (Å²) in [6, 6.07) is 18.4. The van der Waals surface area contributed by atoms with Crippen molar-refractivity contribution in [3.63, 3.8) is 0 Å². The first-order valence-corrected chi connectivity index (χ1v) is 31.2. The summed E-state index contributed by atoms with van der Waals surface area (Å²) in [5.74, 6) is 2.37. The number of benzene rings is 3. The van der Waals surface area contributed by atoms with Crippen molar-refractivity contribution < 1.29 is 24.5 Å². The molecule has 1 unspecified atom stereocenters. The van der Waals surface area contributed by atoms with Crippen molar-refractivity contribution in [1.82, 2.24) is 91.3 Å². The van der Waals surface area contributed by atoms with E-state index in [-0.39, 0.29) is 57.1 Å². The van der Waals surface area contributed by atoms with Gasteiger partial charge in [-0.3, -0.25) is 5.10 Å². The number of H-pyrrole nitrogens is 1. The van der Waals surface area contributed by atoms with Crippen LogP contribution in [-0.4, -0.2) is 170 Å². The number of morpholine rings is 1. The molecule has 0 aliphatic carbocycles. The van der Waals surface area contributed by atoms with E-state index in [1.165, 1.54) is 6.26 Å². The van der Waals surface area contributed by atoms with Crippen molar-refractivity contribution in [2.75, 3.05) is 55.0 Å². The Morgan fingerprint density at radius 1 is 0.656 bits per heavy atom. The maximum absolute atomic E-state index is 10.8. The number of aromatic hydroxyl groups is 3. The van der Waals surface area contributed by atoms with Gasteiger partial charge in [-0.05, 0) is 142 Å². The number of phenolic OH excluding ortho intramolecular Hbond substituents is 3. The van der Waals surface area contributed by atoms with Gasteiger partial charge in [-0.25, -0.2) is 29.4 Å². The highest BCUT2D eigenvalue weighted by Crippen LogP contribution is 2.38. The van der Waals surface area contributed by atoms with E-state index in [4.69, 9.17) is 14.9 Å². The van der Waals surface area contributed by atoms with Crippen LogP contribution in [0.1, 0.15) is 93.1 Å². The lowest BCUT2D eigenvalue weighted by Gasteiger charge is -2.48. The van der Waals surface area contributed by atoms with Gasteiger partial charge in [-0.15, -0.1) is 30.6 Å². The molecule has 1 atom stereocenters. The summed E-state index contributed by atoms with van der Waals surface area (Å²) in [6.07, 6.45) is 19.8. The van der Waals surface area contributed by atoms with Crippen LogP contribution in [0.3, 0.4) is 0 Å². The number of aromatic nitrogens is 15. The minimum absolute atomic E-state index is 0.0176. The smallest absolute Gasteiger partial charge is 0.245 e. The molecule has 4 aliphatic rings. The predicted octanol–water partition coefficient (Wildman–Crippen LogP) is 7.98. The molecular weight excluding hydrogens is 1180 g/mol. The van der Waals surface area contributed by atoms with Gasteiger partial charge in [0.2, 0.25) is 23.7 Å². The van der Waals surface area contributed by atoms with E-state index >= 15 is 0 Å². The van der Waals surface area contributed by atoms with E-state index in [0.717, 1.165) is 92.8 Å². The first kappa shape index (κ1) is 63.5. The Labute approximate surface area is 538 Å². The van der Waals surface area contributed by atoms with Crippen molar-refractivity contribution in [3.05, 3.63) is 122 Å². The number of imidazole rings is 1. The third-order valence-electron chi connectivity index (χ3n) is 17.2. The summed E-state index contributed by atoms with van der Waals surface area (Å²) in [4.78, 5) is 26.1. The molecule has 10 N–H and O–H groups in total. The lowest BCUT2D eigenvalue weighted by molar-refractivity contribution is -0.0496. The third-order valence-corrected chi connectivity index (χ3v) is 17.2. The molecule has 0 bridgehead atoms. The number of phenols is 3. The maximum atomic E-state index is 10.8. The molecule has 0 saturated carbocycles. The summed E-state index contributed by atoms with van der Waals surface area (Å²) >= 11 is 0. The van der Waals surface area contributed by atoms with Crippen molar-refractivity contribution in [3.8, 4) is 84.9 Å². The number of hydrogen-bond acceptors (Lipinski definition) is 25. The van der Waals surface area contributed by atoms with Gasteiger partial charge < -0.3 is 61.3 Å². The molecule has 3 aromatic carbocycles. The van der Waals surface area contributed by atoms with Crippen LogP contribution in [0.25, 0.3) is 73.3 Å². The highest BCUT2D eigenvalue weighted by atomic mass is 16.5. The van der Waals surface area contributed by atoms with Crippen LogP contribution >= 0.6 is 0 Å². The van der Waals surface area contributed by atoms with Crippen LogP contribution in [0, 0.1) is 0 Å². The van der Waals surface area contributed by atoms with Gasteiger partial charge in [-0.1, -0.05) is 12.1 Å². The molecule has 4 saturated heterocycles. The van der Waals surface area contributed by atoms with Gasteiger partial charge in [0, 0.05) is 125 Å². The van der Waals surface area contributed by atoms with E-state index in [1.54, 1.807) is 84.4 Å². The highest BCUT2D eigenvalue weighted by molar-refractivity contribution is 5.75. The fourth-order valence-corrected chi connectivity index (χ4v) is 13.6. The zero-order chi connectivity index (χ0) is 65.3. The second-order valence-electron chi connectivity index (χ2n) is 27.0. The van der Waals surface area contributed by atoms with Crippen molar-refractivity contribution in [2.24, 2.45) is 5.73 Å². The van der Waals surface area contributed by atoms with Gasteiger partial charge in [0.1, 0.15) is 40.6 Å². The molecule has 1 spiro atoms. The number of piperidine rings is 2. The average Bonchev–Trinajstić information content (AvgIpc) is 1.77. The van der Waals surface area contributed by atoms with E-state index < -0.39 is 0 Å². The first-order valence-electron chi connectivity index (χ1n) is 31.2. The number of nitrogens with one attached hydrogen (secondary N) is 5. The largest absolute Gasteiger partial charge is 0.507 e. The lowest BCUT2D eigenvalue weighted by atomic mass is 9.79. The predicted molar refractivity (Wildman–Crippen MR) is 353 cm³/mol. The van der Waals surface area contributed by atoms with Gasteiger partial charge >= 0.3 is 0 Å². The number of nitrogens with zero attached hydrogens (tertiary/aromatic N) is 16. The molecule has 10 aromatic rings. The third kappa shape index (κ3) is 14.7. The molecule has 0 radical (unpaired) electrons. The molecule has 14 rings (SSSR count). The van der Waals surface area contributed by atoms with Crippen LogP contribution in [0.5, 0.6) is 17.2 Å². The summed E-state index contributed by atoms with van der Waals surface area (Å²) in [5, 5.41) is 83.0. The number of rotatable bonds is 12. The van der Waals surface area contributed by atoms with Gasteiger partial charge in [0.15, 0.2) is 5.65 Å². The van der Waals surface area contributed by atoms with E-state index in [1.807, 2.05) is 37.4 Å². The number of aromatic amines is 1. The van der Waals surface area contributed by atoms with Crippen molar-refractivity contribution in [2.45, 2.75) is 134 Å². The lowest BCUT2D eigenvalue weighted by Crippen LogP contribution is -2.62. The number of oxazole rings is 1. The summed E-state index contributed by atoms with van der Waals surface area (Å²) in [7, 11) is 2.02. The normalized spacial score (nSPS) is 19.1. The monoisotopic (exact) mass is 1260 g/mol. The molecule has 4 aliphatic heterocycles. The van der Waals surface area contributed by atoms with E-state index in [0.29, 0.717) is 75.3 Å². The Balaban J connectivity index is 0.000000136. The number of anilines is 3. The second kappa shape index (κ2) is 25.8. The Morgan fingerprint density at radius 2 is 1.28 bits per heavy atom. The van der Waals surface area contributed by atoms with Gasteiger partial charge in [0.05, 0.1) is 55.4 Å². The molecule has 93 heavy (non-hydrogen) atoms. The summed E-state index contributed by atoms with van der Waals surface area (Å²) < 4.78 is 13.0. The van der Waals surface area contributed by atoms with Crippen LogP contribution < -0.4 is 36.8 Å². The topological polar surface area (TPSA) is 351 Å². The zero-order valence-corrected chi connectivity index (χ0v) is 53.8. The number of ether oxygens (including phenoxy) is 1. The van der Waals surface area contributed by atoms with Gasteiger partial charge in [0.25, 0.3) is 0 Å². The molecular formula is C66H80N22O5. The Bertz CT molecular complexity index is 4140. The fraction of sp³-hybridized carbons (Fsp3) is 0.409. The molecule has 11 heterocycles. The average molecular weight is 1260 g/mol. The molecule has 7 aromatic heterocycles. The Hall–Kier alpha value is -9.67. The van der Waals surface area contributed by atoms with Crippen molar-refractivity contribution in [1.29, 1.82) is 0 Å². The maximum Gasteiger partial charge on any atom is 0.245 e. The van der Waals surface area contributed by atoms with Gasteiger partial charge in [-0.2, -0.15) is 10.2 Å². The number of hydrogen-bond donors (Lipinski definition) is 9. The fourth-order valence-electron chi connectivity index (χ4n) is 13.6. The molecule has 27 heteroatoms. The standard InChI is InChI=1S/C26H33N9O.C21H26N6O2.C19H21N7O2/c1-25(2)12-18(13-26(3,4)33-25)34(5)24-29-15-21(30-31-24)19-7-6-16(11-22(19)36)20-10-17(14-27)23-28-8-9-35(23)32-20;1-20(2)10-14(11-21(3,4)27-20)24-19-23-12-16(25-26-19)15-6-5-13(9-17(15)28)18-22-7-8-29-18;27-17-7-13(14-8-22-23-9-14)1-2-15(17)16-10-21-18(25-24-16)26-5-3-19(12-26)11-20-4-6-28-19/h6-11,15,18,33,36H,12-14,27H2,1-5H3;5-9,12,14,27-28H,10-11H2,1-4H3,(H,23,24,26);1-2,7-10,20,27H,3-6,11-12H2,(H,22,23). The van der Waals surface area contributed by atoms with E-state index in [2.05, 4.69) is 157 Å². The molecule has 27 nitrogen and oxygen atoms in total. The van der Waals surface area contributed by atoms with Crippen LogP contribution in [0.15, 0.2) is 121 Å². The molecule has 0 amide bonds. The molecule has 484 valence electrons. The zero-order valence-electron chi connectivity index (χ0n) is 53.8.